The maximum absolute atomic E-state index is 13.0. The number of rotatable bonds is 8. The lowest BCUT2D eigenvalue weighted by Crippen LogP contribution is -2.51. The molecule has 1 saturated heterocycles. The standard InChI is InChI=1S/C27H32N4O4/c1-20-25(21(2)35-28-20)19-34-24-11-7-10-23(16-24)27(33)29(3)18-26(32)31-14-12-30(13-15-31)17-22-8-5-4-6-9-22/h4-11,16H,12-15,17-19H2,1-3H3. The summed E-state index contributed by atoms with van der Waals surface area (Å²) in [5.74, 6) is 1.04. The normalized spacial score (nSPS) is 14.1. The first-order chi connectivity index (χ1) is 16.9. The van der Waals surface area contributed by atoms with Gasteiger partial charge in [0.25, 0.3) is 5.91 Å². The second kappa shape index (κ2) is 11.2. The molecule has 2 heterocycles. The molecule has 0 atom stereocenters. The Morgan fingerprint density at radius 3 is 2.46 bits per heavy atom. The van der Waals surface area contributed by atoms with Crippen molar-refractivity contribution in [3.8, 4) is 5.75 Å². The van der Waals surface area contributed by atoms with Gasteiger partial charge in [-0.1, -0.05) is 41.6 Å². The van der Waals surface area contributed by atoms with E-state index in [-0.39, 0.29) is 18.4 Å². The summed E-state index contributed by atoms with van der Waals surface area (Å²) in [6.45, 7) is 7.92. The predicted octanol–water partition coefficient (Wildman–Crippen LogP) is 3.29. The Labute approximate surface area is 206 Å². The van der Waals surface area contributed by atoms with Gasteiger partial charge in [0.05, 0.1) is 17.8 Å². The molecule has 0 N–H and O–H groups in total. The van der Waals surface area contributed by atoms with Crippen molar-refractivity contribution < 1.29 is 18.8 Å². The van der Waals surface area contributed by atoms with E-state index in [9.17, 15) is 9.59 Å². The molecule has 0 saturated carbocycles. The van der Waals surface area contributed by atoms with Crippen molar-refractivity contribution in [1.29, 1.82) is 0 Å². The number of likely N-dealkylation sites (N-methyl/N-ethyl adjacent to an activating group) is 1. The Hall–Kier alpha value is -3.65. The number of carbonyl (C=O) groups is 2. The van der Waals surface area contributed by atoms with Crippen LogP contribution in [0, 0.1) is 13.8 Å². The molecule has 8 heteroatoms. The maximum atomic E-state index is 13.0. The molecule has 0 unspecified atom stereocenters. The summed E-state index contributed by atoms with van der Waals surface area (Å²) in [7, 11) is 1.66. The van der Waals surface area contributed by atoms with Crippen LogP contribution in [0.1, 0.15) is 32.9 Å². The minimum absolute atomic E-state index is 0.0361. The van der Waals surface area contributed by atoms with Gasteiger partial charge in [0, 0.05) is 45.3 Å². The fourth-order valence-corrected chi connectivity index (χ4v) is 4.17. The van der Waals surface area contributed by atoms with Gasteiger partial charge >= 0.3 is 0 Å². The lowest BCUT2D eigenvalue weighted by atomic mass is 10.2. The Morgan fingerprint density at radius 2 is 1.77 bits per heavy atom. The summed E-state index contributed by atoms with van der Waals surface area (Å²) in [5.41, 5.74) is 3.43. The van der Waals surface area contributed by atoms with Crippen LogP contribution in [0.15, 0.2) is 59.1 Å². The minimum Gasteiger partial charge on any atom is -0.489 e. The Kier molecular flexibility index (Phi) is 7.82. The quantitative estimate of drug-likeness (QED) is 0.497. The number of ether oxygens (including phenoxy) is 1. The highest BCUT2D eigenvalue weighted by Crippen LogP contribution is 2.19. The number of hydrogen-bond acceptors (Lipinski definition) is 6. The van der Waals surface area contributed by atoms with E-state index in [1.807, 2.05) is 36.9 Å². The van der Waals surface area contributed by atoms with E-state index in [0.29, 0.717) is 36.8 Å². The van der Waals surface area contributed by atoms with Crippen molar-refractivity contribution in [3.63, 3.8) is 0 Å². The number of nitrogens with zero attached hydrogens (tertiary/aromatic N) is 4. The largest absolute Gasteiger partial charge is 0.489 e. The first kappa shape index (κ1) is 24.5. The molecule has 0 spiro atoms. The monoisotopic (exact) mass is 476 g/mol. The number of aromatic nitrogens is 1. The highest BCUT2D eigenvalue weighted by Gasteiger charge is 2.24. The van der Waals surface area contributed by atoms with E-state index in [1.54, 1.807) is 31.3 Å². The second-order valence-corrected chi connectivity index (χ2v) is 8.92. The molecular weight excluding hydrogens is 444 g/mol. The molecule has 1 aliphatic rings. The van der Waals surface area contributed by atoms with Crippen molar-refractivity contribution in [2.24, 2.45) is 0 Å². The van der Waals surface area contributed by atoms with E-state index < -0.39 is 0 Å². The number of hydrogen-bond donors (Lipinski definition) is 0. The fourth-order valence-electron chi connectivity index (χ4n) is 4.17. The van der Waals surface area contributed by atoms with Crippen LogP contribution in [0.3, 0.4) is 0 Å². The van der Waals surface area contributed by atoms with Gasteiger partial charge in [0.2, 0.25) is 5.91 Å². The predicted molar refractivity (Wildman–Crippen MR) is 132 cm³/mol. The maximum Gasteiger partial charge on any atom is 0.254 e. The summed E-state index contributed by atoms with van der Waals surface area (Å²) in [4.78, 5) is 31.5. The molecule has 1 aromatic heterocycles. The average Bonchev–Trinajstić information content (AvgIpc) is 3.20. The summed E-state index contributed by atoms with van der Waals surface area (Å²) in [6, 6.07) is 17.3. The van der Waals surface area contributed by atoms with Crippen LogP contribution >= 0.6 is 0 Å². The molecule has 35 heavy (non-hydrogen) atoms. The Bertz CT molecular complexity index is 1130. The Morgan fingerprint density at radius 1 is 1.03 bits per heavy atom. The van der Waals surface area contributed by atoms with E-state index >= 15 is 0 Å². The summed E-state index contributed by atoms with van der Waals surface area (Å²) >= 11 is 0. The van der Waals surface area contributed by atoms with Crippen molar-refractivity contribution in [2.75, 3.05) is 39.8 Å². The topological polar surface area (TPSA) is 79.1 Å². The number of benzene rings is 2. The van der Waals surface area contributed by atoms with Crippen molar-refractivity contribution in [1.82, 2.24) is 19.9 Å². The summed E-state index contributed by atoms with van der Waals surface area (Å²) < 4.78 is 11.0. The molecule has 3 aromatic rings. The highest BCUT2D eigenvalue weighted by atomic mass is 16.5. The fraction of sp³-hybridized carbons (Fsp3) is 0.370. The van der Waals surface area contributed by atoms with Crippen LogP contribution in [0.5, 0.6) is 5.75 Å². The smallest absolute Gasteiger partial charge is 0.254 e. The lowest BCUT2D eigenvalue weighted by Gasteiger charge is -2.35. The minimum atomic E-state index is -0.219. The van der Waals surface area contributed by atoms with Crippen LogP contribution in [-0.4, -0.2) is 71.4 Å². The van der Waals surface area contributed by atoms with Crippen LogP contribution in [0.25, 0.3) is 0 Å². The first-order valence-corrected chi connectivity index (χ1v) is 11.8. The Balaban J connectivity index is 1.27. The van der Waals surface area contributed by atoms with E-state index in [2.05, 4.69) is 22.2 Å². The zero-order valence-corrected chi connectivity index (χ0v) is 20.6. The molecule has 8 nitrogen and oxygen atoms in total. The van der Waals surface area contributed by atoms with Crippen LogP contribution < -0.4 is 4.74 Å². The molecule has 0 radical (unpaired) electrons. The van der Waals surface area contributed by atoms with E-state index in [1.165, 1.54) is 10.5 Å². The third-order valence-electron chi connectivity index (χ3n) is 6.34. The molecule has 0 bridgehead atoms. The van der Waals surface area contributed by atoms with Crippen molar-refractivity contribution in [3.05, 3.63) is 82.7 Å². The molecular formula is C27H32N4O4. The molecule has 2 aromatic carbocycles. The van der Waals surface area contributed by atoms with E-state index in [0.717, 1.165) is 30.9 Å². The number of piperazine rings is 1. The van der Waals surface area contributed by atoms with Crippen LogP contribution in [0.4, 0.5) is 0 Å². The SMILES string of the molecule is Cc1noc(C)c1COc1cccc(C(=O)N(C)CC(=O)N2CCN(Cc3ccccc3)CC2)c1. The van der Waals surface area contributed by atoms with Gasteiger partial charge in [-0.25, -0.2) is 0 Å². The zero-order valence-electron chi connectivity index (χ0n) is 20.6. The number of aryl methyl sites for hydroxylation is 2. The van der Waals surface area contributed by atoms with Crippen molar-refractivity contribution in [2.45, 2.75) is 27.0 Å². The molecule has 4 rings (SSSR count). The number of carbonyl (C=O) groups excluding carboxylic acids is 2. The lowest BCUT2D eigenvalue weighted by molar-refractivity contribution is -0.133. The van der Waals surface area contributed by atoms with Gasteiger partial charge in [0.1, 0.15) is 18.1 Å². The second-order valence-electron chi connectivity index (χ2n) is 8.92. The number of amides is 2. The zero-order chi connectivity index (χ0) is 24.8. The van der Waals surface area contributed by atoms with E-state index in [4.69, 9.17) is 9.26 Å². The molecule has 1 aliphatic heterocycles. The van der Waals surface area contributed by atoms with Gasteiger partial charge in [0.15, 0.2) is 0 Å². The van der Waals surface area contributed by atoms with Gasteiger partial charge in [-0.15, -0.1) is 0 Å². The van der Waals surface area contributed by atoms with Crippen LogP contribution in [0.2, 0.25) is 0 Å². The van der Waals surface area contributed by atoms with Gasteiger partial charge in [-0.3, -0.25) is 14.5 Å². The molecule has 184 valence electrons. The van der Waals surface area contributed by atoms with Gasteiger partial charge in [-0.2, -0.15) is 0 Å². The molecule has 1 fully saturated rings. The first-order valence-electron chi connectivity index (χ1n) is 11.8. The van der Waals surface area contributed by atoms with Crippen LogP contribution in [-0.2, 0) is 17.9 Å². The molecule has 2 amide bonds. The average molecular weight is 477 g/mol. The van der Waals surface area contributed by atoms with Gasteiger partial charge < -0.3 is 19.1 Å². The third kappa shape index (κ3) is 6.27. The third-order valence-corrected chi connectivity index (χ3v) is 6.34. The molecule has 0 aliphatic carbocycles. The van der Waals surface area contributed by atoms with Crippen molar-refractivity contribution >= 4 is 11.8 Å². The summed E-state index contributed by atoms with van der Waals surface area (Å²) in [6.07, 6.45) is 0. The van der Waals surface area contributed by atoms with Gasteiger partial charge in [-0.05, 0) is 37.6 Å². The summed E-state index contributed by atoms with van der Waals surface area (Å²) in [5, 5.41) is 3.93. The highest BCUT2D eigenvalue weighted by molar-refractivity contribution is 5.96.